The van der Waals surface area contributed by atoms with Crippen LogP contribution in [0.1, 0.15) is 22.8 Å². The van der Waals surface area contributed by atoms with Crippen molar-refractivity contribution in [2.75, 3.05) is 37.6 Å². The zero-order valence-electron chi connectivity index (χ0n) is 16.3. The third-order valence-electron chi connectivity index (χ3n) is 5.81. The lowest BCUT2D eigenvalue weighted by atomic mass is 10.1. The Bertz CT molecular complexity index is 941. The molecular weight excluding hydrogens is 409 g/mol. The van der Waals surface area contributed by atoms with Crippen LogP contribution < -0.4 is 4.90 Å². The first-order chi connectivity index (χ1) is 14.0. The Balaban J connectivity index is 1.39. The van der Waals surface area contributed by atoms with Gasteiger partial charge in [0.25, 0.3) is 5.91 Å². The predicted molar refractivity (Wildman–Crippen MR) is 116 cm³/mol. The molecule has 0 radical (unpaired) electrons. The van der Waals surface area contributed by atoms with E-state index < -0.39 is 0 Å². The molecule has 29 heavy (non-hydrogen) atoms. The summed E-state index contributed by atoms with van der Waals surface area (Å²) >= 11 is 12.2. The van der Waals surface area contributed by atoms with Gasteiger partial charge < -0.3 is 14.7 Å². The van der Waals surface area contributed by atoms with E-state index in [1.54, 1.807) is 23.1 Å². The number of piperazine rings is 1. The second-order valence-electron chi connectivity index (χ2n) is 7.47. The standard InChI is InChI=1S/C22H23Cl2N3O2/c1-15(27-10-9-16-5-2-3-8-19(16)27)21(28)25-11-13-26(14-12-25)22(29)17-6-4-7-18(23)20(17)24/h2-8,15H,9-14H2,1H3/t15-/m0/s1. The van der Waals surface area contributed by atoms with Crippen molar-refractivity contribution in [3.8, 4) is 0 Å². The van der Waals surface area contributed by atoms with Gasteiger partial charge in [-0.2, -0.15) is 0 Å². The molecule has 0 unspecified atom stereocenters. The number of hydrogen-bond donors (Lipinski definition) is 0. The van der Waals surface area contributed by atoms with Crippen LogP contribution in [0.4, 0.5) is 5.69 Å². The zero-order chi connectivity index (χ0) is 20.5. The van der Waals surface area contributed by atoms with Crippen LogP contribution in [-0.2, 0) is 11.2 Å². The van der Waals surface area contributed by atoms with E-state index in [2.05, 4.69) is 17.0 Å². The molecule has 2 amide bonds. The fraction of sp³-hybridized carbons (Fsp3) is 0.364. The SMILES string of the molecule is C[C@@H](C(=O)N1CCN(C(=O)c2cccc(Cl)c2Cl)CC1)N1CCc2ccccc21. The van der Waals surface area contributed by atoms with Gasteiger partial charge in [-0.05, 0) is 37.1 Å². The largest absolute Gasteiger partial charge is 0.359 e. The molecule has 152 valence electrons. The Labute approximate surface area is 180 Å². The summed E-state index contributed by atoms with van der Waals surface area (Å²) < 4.78 is 0. The van der Waals surface area contributed by atoms with Crippen LogP contribution in [0, 0.1) is 0 Å². The molecule has 0 spiro atoms. The summed E-state index contributed by atoms with van der Waals surface area (Å²) in [4.78, 5) is 31.7. The first-order valence-corrected chi connectivity index (χ1v) is 10.6. The number of benzene rings is 2. The van der Waals surface area contributed by atoms with Gasteiger partial charge in [-0.3, -0.25) is 9.59 Å². The van der Waals surface area contributed by atoms with Gasteiger partial charge in [0.2, 0.25) is 5.91 Å². The average molecular weight is 432 g/mol. The van der Waals surface area contributed by atoms with Gasteiger partial charge >= 0.3 is 0 Å². The van der Waals surface area contributed by atoms with E-state index in [0.29, 0.717) is 36.8 Å². The minimum Gasteiger partial charge on any atom is -0.359 e. The molecule has 7 heteroatoms. The number of anilines is 1. The Morgan fingerprint density at radius 1 is 0.897 bits per heavy atom. The monoisotopic (exact) mass is 431 g/mol. The topological polar surface area (TPSA) is 43.9 Å². The summed E-state index contributed by atoms with van der Waals surface area (Å²) in [5.41, 5.74) is 2.85. The quantitative estimate of drug-likeness (QED) is 0.743. The molecular formula is C22H23Cl2N3O2. The van der Waals surface area contributed by atoms with Crippen LogP contribution in [0.5, 0.6) is 0 Å². The maximum atomic E-state index is 13.1. The van der Waals surface area contributed by atoms with Gasteiger partial charge in [0, 0.05) is 38.4 Å². The molecule has 1 saturated heterocycles. The van der Waals surface area contributed by atoms with Crippen molar-refractivity contribution in [2.24, 2.45) is 0 Å². The lowest BCUT2D eigenvalue weighted by molar-refractivity contribution is -0.133. The molecule has 0 N–H and O–H groups in total. The maximum absolute atomic E-state index is 13.1. The summed E-state index contributed by atoms with van der Waals surface area (Å²) in [5.74, 6) is -0.0410. The van der Waals surface area contributed by atoms with E-state index in [4.69, 9.17) is 23.2 Å². The lowest BCUT2D eigenvalue weighted by Crippen LogP contribution is -2.55. The summed E-state index contributed by atoms with van der Waals surface area (Å²) in [5, 5.41) is 0.644. The molecule has 2 heterocycles. The van der Waals surface area contributed by atoms with Gasteiger partial charge in [0.15, 0.2) is 0 Å². The molecule has 4 rings (SSSR count). The molecule has 2 aromatic rings. The van der Waals surface area contributed by atoms with Crippen LogP contribution in [-0.4, -0.2) is 60.4 Å². The highest BCUT2D eigenvalue weighted by Crippen LogP contribution is 2.30. The summed E-state index contributed by atoms with van der Waals surface area (Å²) in [6.07, 6.45) is 0.969. The van der Waals surface area contributed by atoms with Gasteiger partial charge in [-0.25, -0.2) is 0 Å². The Kier molecular flexibility index (Phi) is 5.70. The number of amides is 2. The predicted octanol–water partition coefficient (Wildman–Crippen LogP) is 3.73. The van der Waals surface area contributed by atoms with Crippen molar-refractivity contribution in [3.63, 3.8) is 0 Å². The van der Waals surface area contributed by atoms with Gasteiger partial charge in [-0.1, -0.05) is 47.5 Å². The highest BCUT2D eigenvalue weighted by atomic mass is 35.5. The van der Waals surface area contributed by atoms with Crippen LogP contribution in [0.3, 0.4) is 0 Å². The summed E-state index contributed by atoms with van der Waals surface area (Å²) in [6.45, 7) is 4.82. The van der Waals surface area contributed by atoms with E-state index in [0.717, 1.165) is 18.7 Å². The second-order valence-corrected chi connectivity index (χ2v) is 8.25. The average Bonchev–Trinajstić information content (AvgIpc) is 3.18. The van der Waals surface area contributed by atoms with Crippen LogP contribution >= 0.6 is 23.2 Å². The van der Waals surface area contributed by atoms with Crippen molar-refractivity contribution in [1.82, 2.24) is 9.80 Å². The summed E-state index contributed by atoms with van der Waals surface area (Å²) in [7, 11) is 0. The molecule has 0 bridgehead atoms. The Hall–Kier alpha value is -2.24. The van der Waals surface area contributed by atoms with E-state index in [9.17, 15) is 9.59 Å². The summed E-state index contributed by atoms with van der Waals surface area (Å²) in [6, 6.07) is 13.1. The maximum Gasteiger partial charge on any atom is 0.255 e. The molecule has 2 aromatic carbocycles. The Morgan fingerprint density at radius 3 is 2.34 bits per heavy atom. The van der Waals surface area contributed by atoms with Gasteiger partial charge in [0.1, 0.15) is 6.04 Å². The molecule has 1 atom stereocenters. The van der Waals surface area contributed by atoms with Crippen LogP contribution in [0.2, 0.25) is 10.0 Å². The number of halogens is 2. The van der Waals surface area contributed by atoms with Crippen molar-refractivity contribution in [2.45, 2.75) is 19.4 Å². The first kappa shape index (κ1) is 20.0. The molecule has 1 fully saturated rings. The minimum absolute atomic E-state index is 0.106. The highest BCUT2D eigenvalue weighted by Gasteiger charge is 2.33. The third-order valence-corrected chi connectivity index (χ3v) is 6.63. The normalized spacial score (nSPS) is 17.3. The number of carbonyl (C=O) groups excluding carboxylic acids is 2. The van der Waals surface area contributed by atoms with E-state index in [1.807, 2.05) is 24.0 Å². The first-order valence-electron chi connectivity index (χ1n) is 9.84. The minimum atomic E-state index is -0.219. The van der Waals surface area contributed by atoms with Crippen molar-refractivity contribution in [1.29, 1.82) is 0 Å². The number of para-hydroxylation sites is 1. The third kappa shape index (κ3) is 3.81. The van der Waals surface area contributed by atoms with Crippen LogP contribution in [0.25, 0.3) is 0 Å². The van der Waals surface area contributed by atoms with Gasteiger partial charge in [-0.15, -0.1) is 0 Å². The Morgan fingerprint density at radius 2 is 1.59 bits per heavy atom. The highest BCUT2D eigenvalue weighted by molar-refractivity contribution is 6.43. The number of rotatable bonds is 3. The second kappa shape index (κ2) is 8.25. The van der Waals surface area contributed by atoms with Crippen molar-refractivity contribution < 1.29 is 9.59 Å². The molecule has 0 aromatic heterocycles. The van der Waals surface area contributed by atoms with Crippen molar-refractivity contribution in [3.05, 3.63) is 63.6 Å². The van der Waals surface area contributed by atoms with Crippen molar-refractivity contribution >= 4 is 40.7 Å². The van der Waals surface area contributed by atoms with E-state index in [1.165, 1.54) is 5.56 Å². The fourth-order valence-corrected chi connectivity index (χ4v) is 4.51. The molecule has 2 aliphatic heterocycles. The number of fused-ring (bicyclic) bond motifs is 1. The smallest absolute Gasteiger partial charge is 0.255 e. The molecule has 0 aliphatic carbocycles. The lowest BCUT2D eigenvalue weighted by Gasteiger charge is -2.38. The van der Waals surface area contributed by atoms with Crippen LogP contribution in [0.15, 0.2) is 42.5 Å². The molecule has 5 nitrogen and oxygen atoms in total. The zero-order valence-corrected chi connectivity index (χ0v) is 17.8. The number of nitrogens with zero attached hydrogens (tertiary/aromatic N) is 3. The van der Waals surface area contributed by atoms with Gasteiger partial charge in [0.05, 0.1) is 15.6 Å². The van der Waals surface area contributed by atoms with E-state index >= 15 is 0 Å². The molecule has 0 saturated carbocycles. The number of carbonyl (C=O) groups is 2. The molecule has 2 aliphatic rings. The fourth-order valence-electron chi connectivity index (χ4n) is 4.13. The van der Waals surface area contributed by atoms with E-state index in [-0.39, 0.29) is 22.9 Å². The number of hydrogen-bond acceptors (Lipinski definition) is 3.